The van der Waals surface area contributed by atoms with Gasteiger partial charge in [-0.2, -0.15) is 0 Å². The molecule has 0 fully saturated rings. The third-order valence-corrected chi connectivity index (χ3v) is 2.65. The number of halogens is 1. The molecule has 0 aromatic heterocycles. The van der Waals surface area contributed by atoms with Crippen LogP contribution in [0.15, 0.2) is 42.5 Å². The first kappa shape index (κ1) is 13.0. The number of nitro benzene ring substituents is 1. The number of ether oxygens (including phenoxy) is 1. The average molecular weight is 261 g/mol. The van der Waals surface area contributed by atoms with Gasteiger partial charge in [0, 0.05) is 0 Å². The number of hydrogen-bond donors (Lipinski definition) is 0. The van der Waals surface area contributed by atoms with Gasteiger partial charge in [0.1, 0.15) is 11.6 Å². The van der Waals surface area contributed by atoms with E-state index in [1.165, 1.54) is 6.07 Å². The van der Waals surface area contributed by atoms with Crippen molar-refractivity contribution in [2.45, 2.75) is 13.3 Å². The summed E-state index contributed by atoms with van der Waals surface area (Å²) >= 11 is 0. The molecule has 0 unspecified atom stereocenters. The lowest BCUT2D eigenvalue weighted by molar-refractivity contribution is -0.385. The quantitative estimate of drug-likeness (QED) is 0.615. The molecule has 0 aliphatic rings. The smallest absolute Gasteiger partial charge is 0.314 e. The van der Waals surface area contributed by atoms with Crippen LogP contribution in [0.2, 0.25) is 0 Å². The van der Waals surface area contributed by atoms with Gasteiger partial charge in [0.2, 0.25) is 5.75 Å². The fourth-order valence-electron chi connectivity index (χ4n) is 1.68. The van der Waals surface area contributed by atoms with Crippen molar-refractivity contribution in [3.63, 3.8) is 0 Å². The first-order valence-electron chi connectivity index (χ1n) is 5.81. The van der Waals surface area contributed by atoms with E-state index in [-0.39, 0.29) is 11.4 Å². The summed E-state index contributed by atoms with van der Waals surface area (Å²) in [5.74, 6) is -0.143. The van der Waals surface area contributed by atoms with Crippen LogP contribution in [-0.4, -0.2) is 4.92 Å². The maximum Gasteiger partial charge on any atom is 0.314 e. The van der Waals surface area contributed by atoms with E-state index in [1.54, 1.807) is 12.1 Å². The van der Waals surface area contributed by atoms with E-state index in [9.17, 15) is 14.5 Å². The molecule has 0 radical (unpaired) electrons. The third-order valence-electron chi connectivity index (χ3n) is 2.65. The molecule has 0 atom stereocenters. The second-order valence-corrected chi connectivity index (χ2v) is 3.97. The summed E-state index contributed by atoms with van der Waals surface area (Å²) in [6.07, 6.45) is 0.836. The minimum absolute atomic E-state index is 0.0275. The number of nitro groups is 1. The SMILES string of the molecule is CCc1cccc(Oc2ccc(F)cc2[N+](=O)[O-])c1. The van der Waals surface area contributed by atoms with Gasteiger partial charge in [-0.25, -0.2) is 4.39 Å². The van der Waals surface area contributed by atoms with E-state index in [0.717, 1.165) is 24.1 Å². The molecular weight excluding hydrogens is 249 g/mol. The van der Waals surface area contributed by atoms with Crippen molar-refractivity contribution >= 4 is 5.69 Å². The Morgan fingerprint density at radius 3 is 2.74 bits per heavy atom. The second-order valence-electron chi connectivity index (χ2n) is 3.97. The van der Waals surface area contributed by atoms with Crippen LogP contribution in [0.1, 0.15) is 12.5 Å². The molecule has 0 heterocycles. The highest BCUT2D eigenvalue weighted by molar-refractivity contribution is 5.48. The van der Waals surface area contributed by atoms with Crippen molar-refractivity contribution in [2.75, 3.05) is 0 Å². The minimum atomic E-state index is -0.665. The maximum absolute atomic E-state index is 13.0. The van der Waals surface area contributed by atoms with Crippen molar-refractivity contribution in [3.05, 3.63) is 64.0 Å². The Hall–Kier alpha value is -2.43. The van der Waals surface area contributed by atoms with Gasteiger partial charge >= 0.3 is 5.69 Å². The fraction of sp³-hybridized carbons (Fsp3) is 0.143. The zero-order valence-corrected chi connectivity index (χ0v) is 10.3. The van der Waals surface area contributed by atoms with Gasteiger partial charge in [-0.3, -0.25) is 10.1 Å². The highest BCUT2D eigenvalue weighted by Gasteiger charge is 2.16. The summed E-state index contributed by atoms with van der Waals surface area (Å²) in [6.45, 7) is 2.00. The van der Waals surface area contributed by atoms with Gasteiger partial charge < -0.3 is 4.74 Å². The zero-order chi connectivity index (χ0) is 13.8. The van der Waals surface area contributed by atoms with Gasteiger partial charge in [-0.15, -0.1) is 0 Å². The molecule has 2 aromatic carbocycles. The molecule has 2 aromatic rings. The zero-order valence-electron chi connectivity index (χ0n) is 10.3. The highest BCUT2D eigenvalue weighted by atomic mass is 19.1. The molecule has 0 N–H and O–H groups in total. The molecular formula is C14H12FNO3. The maximum atomic E-state index is 13.0. The van der Waals surface area contributed by atoms with Crippen LogP contribution in [0.3, 0.4) is 0 Å². The van der Waals surface area contributed by atoms with Crippen molar-refractivity contribution < 1.29 is 14.1 Å². The predicted molar refractivity (Wildman–Crippen MR) is 68.9 cm³/mol. The number of aryl methyl sites for hydroxylation is 1. The van der Waals surface area contributed by atoms with Crippen LogP contribution in [0.5, 0.6) is 11.5 Å². The summed E-state index contributed by atoms with van der Waals surface area (Å²) in [5.41, 5.74) is 0.671. The molecule has 4 nitrogen and oxygen atoms in total. The van der Waals surface area contributed by atoms with Crippen LogP contribution in [0, 0.1) is 15.9 Å². The molecule has 0 aliphatic heterocycles. The van der Waals surface area contributed by atoms with Crippen molar-refractivity contribution in [2.24, 2.45) is 0 Å². The topological polar surface area (TPSA) is 52.4 Å². The molecule has 2 rings (SSSR count). The Morgan fingerprint density at radius 2 is 2.05 bits per heavy atom. The molecule has 0 amide bonds. The molecule has 19 heavy (non-hydrogen) atoms. The molecule has 0 spiro atoms. The van der Waals surface area contributed by atoms with Crippen LogP contribution in [-0.2, 0) is 6.42 Å². The predicted octanol–water partition coefficient (Wildman–Crippen LogP) is 4.09. The van der Waals surface area contributed by atoms with Crippen LogP contribution < -0.4 is 4.74 Å². The normalized spacial score (nSPS) is 10.2. The van der Waals surface area contributed by atoms with Crippen LogP contribution in [0.4, 0.5) is 10.1 Å². The van der Waals surface area contributed by atoms with Crippen molar-refractivity contribution in [1.29, 1.82) is 0 Å². The lowest BCUT2D eigenvalue weighted by atomic mass is 10.2. The lowest BCUT2D eigenvalue weighted by Crippen LogP contribution is -1.94. The number of benzene rings is 2. The van der Waals surface area contributed by atoms with Gasteiger partial charge in [-0.1, -0.05) is 19.1 Å². The van der Waals surface area contributed by atoms with E-state index < -0.39 is 10.7 Å². The standard InChI is InChI=1S/C14H12FNO3/c1-2-10-4-3-5-12(8-10)19-14-7-6-11(15)9-13(14)16(17)18/h3-9H,2H2,1H3. The monoisotopic (exact) mass is 261 g/mol. The van der Waals surface area contributed by atoms with Crippen LogP contribution >= 0.6 is 0 Å². The van der Waals surface area contributed by atoms with E-state index in [1.807, 2.05) is 19.1 Å². The molecule has 0 saturated heterocycles. The van der Waals surface area contributed by atoms with E-state index in [2.05, 4.69) is 0 Å². The van der Waals surface area contributed by atoms with Crippen molar-refractivity contribution in [1.82, 2.24) is 0 Å². The van der Waals surface area contributed by atoms with E-state index in [0.29, 0.717) is 5.75 Å². The summed E-state index contributed by atoms with van der Waals surface area (Å²) in [7, 11) is 0. The average Bonchev–Trinajstić information content (AvgIpc) is 2.41. The number of hydrogen-bond acceptors (Lipinski definition) is 3. The minimum Gasteiger partial charge on any atom is -0.450 e. The van der Waals surface area contributed by atoms with E-state index >= 15 is 0 Å². The summed E-state index contributed by atoms with van der Waals surface area (Å²) in [6, 6.07) is 10.5. The van der Waals surface area contributed by atoms with Gasteiger partial charge in [0.25, 0.3) is 0 Å². The Kier molecular flexibility index (Phi) is 3.75. The largest absolute Gasteiger partial charge is 0.450 e. The summed E-state index contributed by atoms with van der Waals surface area (Å²) < 4.78 is 18.5. The second kappa shape index (κ2) is 5.48. The summed E-state index contributed by atoms with van der Waals surface area (Å²) in [4.78, 5) is 10.2. The molecule has 0 bridgehead atoms. The van der Waals surface area contributed by atoms with Gasteiger partial charge in [-0.05, 0) is 36.2 Å². The molecule has 0 aliphatic carbocycles. The Morgan fingerprint density at radius 1 is 1.26 bits per heavy atom. The molecule has 0 saturated carbocycles. The lowest BCUT2D eigenvalue weighted by Gasteiger charge is -2.07. The van der Waals surface area contributed by atoms with Crippen molar-refractivity contribution in [3.8, 4) is 11.5 Å². The third kappa shape index (κ3) is 3.07. The van der Waals surface area contributed by atoms with Gasteiger partial charge in [0.05, 0.1) is 11.0 Å². The number of rotatable bonds is 4. The fourth-order valence-corrected chi connectivity index (χ4v) is 1.68. The number of nitrogens with zero attached hydrogens (tertiary/aromatic N) is 1. The molecule has 98 valence electrons. The Labute approximate surface area is 109 Å². The Bertz CT molecular complexity index is 613. The van der Waals surface area contributed by atoms with Crippen LogP contribution in [0.25, 0.3) is 0 Å². The summed E-state index contributed by atoms with van der Waals surface area (Å²) in [5, 5.41) is 10.8. The first-order valence-corrected chi connectivity index (χ1v) is 5.81. The highest BCUT2D eigenvalue weighted by Crippen LogP contribution is 2.32. The molecule has 5 heteroatoms. The first-order chi connectivity index (χ1) is 9.10. The van der Waals surface area contributed by atoms with Gasteiger partial charge in [0.15, 0.2) is 0 Å². The van der Waals surface area contributed by atoms with E-state index in [4.69, 9.17) is 4.74 Å². The Balaban J connectivity index is 2.34.